The molecule has 0 aromatic rings. The Morgan fingerprint density at radius 3 is 2.60 bits per heavy atom. The zero-order valence-corrected chi connectivity index (χ0v) is 11.2. The molecule has 0 saturated carbocycles. The zero-order valence-electron chi connectivity index (χ0n) is 11.2. The number of hydrogen-bond acceptors (Lipinski definition) is 4. The molecule has 0 radical (unpaired) electrons. The van der Waals surface area contributed by atoms with E-state index in [2.05, 4.69) is 5.32 Å². The van der Waals surface area contributed by atoms with Crippen molar-refractivity contribution in [2.75, 3.05) is 52.5 Å². The Balaban J connectivity index is 1.66. The molecule has 4 amide bonds. The van der Waals surface area contributed by atoms with E-state index < -0.39 is 6.04 Å². The van der Waals surface area contributed by atoms with Crippen molar-refractivity contribution in [3.05, 3.63) is 0 Å². The summed E-state index contributed by atoms with van der Waals surface area (Å²) in [5, 5.41) is 2.57. The smallest absolute Gasteiger partial charge is 0.320 e. The van der Waals surface area contributed by atoms with Crippen LogP contribution in [-0.4, -0.2) is 91.1 Å². The number of nitrogens with zero attached hydrogens (tertiary/aromatic N) is 3. The second-order valence-electron chi connectivity index (χ2n) is 5.15. The quantitative estimate of drug-likeness (QED) is 0.561. The summed E-state index contributed by atoms with van der Waals surface area (Å²) in [5.74, 6) is -0.253. The lowest BCUT2D eigenvalue weighted by Gasteiger charge is -2.44. The predicted octanol–water partition coefficient (Wildman–Crippen LogP) is -1.92. The van der Waals surface area contributed by atoms with E-state index in [1.54, 1.807) is 14.7 Å². The molecule has 3 heterocycles. The molecule has 1 N–H and O–H groups in total. The number of carbonyl (C=O) groups excluding carboxylic acids is 3. The van der Waals surface area contributed by atoms with Crippen molar-refractivity contribution in [1.82, 2.24) is 20.0 Å². The second kappa shape index (κ2) is 5.28. The van der Waals surface area contributed by atoms with Gasteiger partial charge in [0.25, 0.3) is 0 Å². The highest BCUT2D eigenvalue weighted by Gasteiger charge is 2.40. The number of carbonyl (C=O) groups is 3. The Labute approximate surface area is 116 Å². The van der Waals surface area contributed by atoms with Crippen LogP contribution in [0.2, 0.25) is 0 Å². The van der Waals surface area contributed by atoms with E-state index in [-0.39, 0.29) is 30.9 Å². The average Bonchev–Trinajstić information content (AvgIpc) is 2.51. The highest BCUT2D eigenvalue weighted by molar-refractivity contribution is 5.95. The van der Waals surface area contributed by atoms with E-state index in [0.717, 1.165) is 0 Å². The first-order valence-corrected chi connectivity index (χ1v) is 6.85. The Kier molecular flexibility index (Phi) is 3.47. The molecule has 0 aromatic heterocycles. The van der Waals surface area contributed by atoms with Gasteiger partial charge in [0.05, 0.1) is 26.3 Å². The van der Waals surface area contributed by atoms with Gasteiger partial charge in [-0.15, -0.1) is 0 Å². The Hall–Kier alpha value is -1.83. The van der Waals surface area contributed by atoms with Gasteiger partial charge in [-0.2, -0.15) is 0 Å². The molecular weight excluding hydrogens is 264 g/mol. The summed E-state index contributed by atoms with van der Waals surface area (Å²) in [5.41, 5.74) is 0. The molecule has 0 aliphatic carbocycles. The maximum absolute atomic E-state index is 12.4. The standard InChI is InChI=1S/C12H18N4O4/c17-10-7-13-11(18)9-8-15(1-2-16(9)10)12(19)14-3-5-20-6-4-14/h9H,1-8H2,(H,13,18). The van der Waals surface area contributed by atoms with E-state index >= 15 is 0 Å². The lowest BCUT2D eigenvalue weighted by Crippen LogP contribution is -2.67. The van der Waals surface area contributed by atoms with Crippen LogP contribution in [0.4, 0.5) is 4.79 Å². The third-order valence-electron chi connectivity index (χ3n) is 3.97. The summed E-state index contributed by atoms with van der Waals surface area (Å²) >= 11 is 0. The van der Waals surface area contributed by atoms with Crippen LogP contribution in [-0.2, 0) is 14.3 Å². The lowest BCUT2D eigenvalue weighted by atomic mass is 10.1. The number of nitrogens with one attached hydrogen (secondary N) is 1. The maximum Gasteiger partial charge on any atom is 0.320 e. The summed E-state index contributed by atoms with van der Waals surface area (Å²) < 4.78 is 5.22. The normalized spacial score (nSPS) is 27.2. The van der Waals surface area contributed by atoms with Crippen LogP contribution < -0.4 is 5.32 Å². The van der Waals surface area contributed by atoms with Crippen LogP contribution >= 0.6 is 0 Å². The molecule has 0 aromatic carbocycles. The predicted molar refractivity (Wildman–Crippen MR) is 67.9 cm³/mol. The summed E-state index contributed by atoms with van der Waals surface area (Å²) in [6, 6.07) is -0.617. The molecular formula is C12H18N4O4. The van der Waals surface area contributed by atoms with Gasteiger partial charge < -0.3 is 24.8 Å². The number of urea groups is 1. The first-order valence-electron chi connectivity index (χ1n) is 6.85. The van der Waals surface area contributed by atoms with Crippen LogP contribution in [0.3, 0.4) is 0 Å². The molecule has 0 spiro atoms. The van der Waals surface area contributed by atoms with Gasteiger partial charge in [-0.05, 0) is 0 Å². The number of rotatable bonds is 0. The summed E-state index contributed by atoms with van der Waals surface area (Å²) in [4.78, 5) is 40.9. The van der Waals surface area contributed by atoms with Gasteiger partial charge in [-0.1, -0.05) is 0 Å². The van der Waals surface area contributed by atoms with Crippen molar-refractivity contribution < 1.29 is 19.1 Å². The van der Waals surface area contributed by atoms with E-state index in [9.17, 15) is 14.4 Å². The number of fused-ring (bicyclic) bond motifs is 1. The number of amides is 4. The molecule has 3 rings (SSSR count). The van der Waals surface area contributed by atoms with Crippen LogP contribution in [0, 0.1) is 0 Å². The van der Waals surface area contributed by atoms with Crippen molar-refractivity contribution in [3.63, 3.8) is 0 Å². The van der Waals surface area contributed by atoms with E-state index in [4.69, 9.17) is 4.74 Å². The van der Waals surface area contributed by atoms with Crippen LogP contribution in [0.1, 0.15) is 0 Å². The number of ether oxygens (including phenoxy) is 1. The summed E-state index contributed by atoms with van der Waals surface area (Å²) in [6.45, 7) is 3.49. The van der Waals surface area contributed by atoms with Crippen molar-refractivity contribution in [3.8, 4) is 0 Å². The molecule has 1 atom stereocenters. The van der Waals surface area contributed by atoms with Crippen LogP contribution in [0.25, 0.3) is 0 Å². The fourth-order valence-electron chi connectivity index (χ4n) is 2.82. The third kappa shape index (κ3) is 2.31. The zero-order chi connectivity index (χ0) is 14.1. The number of morpholine rings is 1. The monoisotopic (exact) mass is 282 g/mol. The second-order valence-corrected chi connectivity index (χ2v) is 5.15. The summed E-state index contributed by atoms with van der Waals surface area (Å²) in [7, 11) is 0. The molecule has 3 aliphatic heterocycles. The summed E-state index contributed by atoms with van der Waals surface area (Å²) in [6.07, 6.45) is 0. The topological polar surface area (TPSA) is 82.2 Å². The van der Waals surface area contributed by atoms with Gasteiger partial charge >= 0.3 is 6.03 Å². The fraction of sp³-hybridized carbons (Fsp3) is 0.750. The van der Waals surface area contributed by atoms with Gasteiger partial charge in [0.15, 0.2) is 0 Å². The van der Waals surface area contributed by atoms with Crippen molar-refractivity contribution in [1.29, 1.82) is 0 Å². The molecule has 8 heteroatoms. The number of hydrogen-bond donors (Lipinski definition) is 1. The third-order valence-corrected chi connectivity index (χ3v) is 3.97. The van der Waals surface area contributed by atoms with Crippen LogP contribution in [0.15, 0.2) is 0 Å². The highest BCUT2D eigenvalue weighted by Crippen LogP contribution is 2.15. The van der Waals surface area contributed by atoms with Crippen LogP contribution in [0.5, 0.6) is 0 Å². The minimum Gasteiger partial charge on any atom is -0.378 e. The molecule has 20 heavy (non-hydrogen) atoms. The highest BCUT2D eigenvalue weighted by atomic mass is 16.5. The Bertz CT molecular complexity index is 435. The van der Waals surface area contributed by atoms with Gasteiger partial charge in [-0.3, -0.25) is 9.59 Å². The molecule has 1 unspecified atom stereocenters. The molecule has 3 fully saturated rings. The number of piperazine rings is 2. The molecule has 3 saturated heterocycles. The average molecular weight is 282 g/mol. The van der Waals surface area contributed by atoms with Gasteiger partial charge in [-0.25, -0.2) is 4.79 Å². The minimum absolute atomic E-state index is 0.0622. The first-order chi connectivity index (χ1) is 9.66. The molecule has 3 aliphatic rings. The Morgan fingerprint density at radius 1 is 1.10 bits per heavy atom. The molecule has 0 bridgehead atoms. The van der Waals surface area contributed by atoms with E-state index in [1.807, 2.05) is 0 Å². The van der Waals surface area contributed by atoms with Crippen molar-refractivity contribution in [2.45, 2.75) is 6.04 Å². The van der Waals surface area contributed by atoms with Crippen molar-refractivity contribution >= 4 is 17.8 Å². The largest absolute Gasteiger partial charge is 0.378 e. The van der Waals surface area contributed by atoms with Gasteiger partial charge in [0, 0.05) is 26.2 Å². The minimum atomic E-state index is -0.546. The molecule has 8 nitrogen and oxygen atoms in total. The maximum atomic E-state index is 12.4. The first kappa shape index (κ1) is 13.2. The van der Waals surface area contributed by atoms with Crippen molar-refractivity contribution in [2.24, 2.45) is 0 Å². The lowest BCUT2D eigenvalue weighted by molar-refractivity contribution is -0.148. The van der Waals surface area contributed by atoms with E-state index in [1.165, 1.54) is 0 Å². The molecule has 110 valence electrons. The fourth-order valence-corrected chi connectivity index (χ4v) is 2.82. The van der Waals surface area contributed by atoms with E-state index in [0.29, 0.717) is 39.4 Å². The Morgan fingerprint density at radius 2 is 1.85 bits per heavy atom. The van der Waals surface area contributed by atoms with Gasteiger partial charge in [0.1, 0.15) is 6.04 Å². The SMILES string of the molecule is O=C1NCC(=O)N2CCN(C(=O)N3CCOCC3)CC12. The van der Waals surface area contributed by atoms with Gasteiger partial charge in [0.2, 0.25) is 11.8 Å².